The Kier molecular flexibility index (Phi) is 4.48. The molecule has 1 aromatic heterocycles. The molecule has 2 rings (SSSR count). The van der Waals surface area contributed by atoms with Gasteiger partial charge in [-0.2, -0.15) is 0 Å². The van der Waals surface area contributed by atoms with Crippen LogP contribution in [0.1, 0.15) is 44.0 Å². The molecule has 1 unspecified atom stereocenters. The summed E-state index contributed by atoms with van der Waals surface area (Å²) in [6.45, 7) is 7.41. The highest BCUT2D eigenvalue weighted by molar-refractivity contribution is 5.55. The van der Waals surface area contributed by atoms with Crippen LogP contribution in [-0.4, -0.2) is 41.5 Å². The van der Waals surface area contributed by atoms with Crippen molar-refractivity contribution in [1.29, 1.82) is 0 Å². The molecule has 0 aromatic carbocycles. The number of nitrogens with two attached hydrogens (primary N) is 1. The minimum Gasteiger partial charge on any atom is -0.383 e. The Labute approximate surface area is 122 Å². The van der Waals surface area contributed by atoms with Gasteiger partial charge in [0.1, 0.15) is 17.5 Å². The highest BCUT2D eigenvalue weighted by atomic mass is 15.1. The number of rotatable bonds is 6. The second-order valence-corrected chi connectivity index (χ2v) is 6.47. The third kappa shape index (κ3) is 3.60. The third-order valence-corrected chi connectivity index (χ3v) is 3.83. The van der Waals surface area contributed by atoms with Gasteiger partial charge in [0, 0.05) is 24.1 Å². The molecule has 0 radical (unpaired) electrons. The van der Waals surface area contributed by atoms with Gasteiger partial charge in [-0.1, -0.05) is 13.8 Å². The van der Waals surface area contributed by atoms with Crippen molar-refractivity contribution in [2.45, 2.75) is 45.6 Å². The van der Waals surface area contributed by atoms with E-state index in [0.717, 1.165) is 23.8 Å². The fourth-order valence-electron chi connectivity index (χ4n) is 2.21. The largest absolute Gasteiger partial charge is 0.383 e. The van der Waals surface area contributed by atoms with E-state index < -0.39 is 0 Å². The molecule has 20 heavy (non-hydrogen) atoms. The average molecular weight is 277 g/mol. The van der Waals surface area contributed by atoms with Crippen LogP contribution in [0.4, 0.5) is 11.6 Å². The number of nitrogen functional groups attached to an aromatic ring is 1. The maximum atomic E-state index is 6.04. The SMILES string of the molecule is Cc1c(N)nc(C2CC2)nc1NC(CN(C)C)C(C)C. The van der Waals surface area contributed by atoms with Gasteiger partial charge in [0.2, 0.25) is 0 Å². The lowest BCUT2D eigenvalue weighted by Gasteiger charge is -2.27. The van der Waals surface area contributed by atoms with Crippen molar-refractivity contribution in [1.82, 2.24) is 14.9 Å². The molecule has 1 aliphatic carbocycles. The van der Waals surface area contributed by atoms with Gasteiger partial charge >= 0.3 is 0 Å². The second-order valence-electron chi connectivity index (χ2n) is 6.47. The maximum Gasteiger partial charge on any atom is 0.136 e. The number of hydrogen-bond donors (Lipinski definition) is 2. The first-order valence-electron chi connectivity index (χ1n) is 7.43. The molecule has 0 spiro atoms. The maximum absolute atomic E-state index is 6.04. The molecule has 1 aliphatic rings. The molecule has 0 aliphatic heterocycles. The van der Waals surface area contributed by atoms with E-state index in [0.29, 0.717) is 23.7 Å². The first kappa shape index (κ1) is 15.0. The fourth-order valence-corrected chi connectivity index (χ4v) is 2.21. The Balaban J connectivity index is 2.21. The zero-order chi connectivity index (χ0) is 14.9. The molecule has 1 atom stereocenters. The molecule has 1 fully saturated rings. The summed E-state index contributed by atoms with van der Waals surface area (Å²) in [5, 5.41) is 3.57. The summed E-state index contributed by atoms with van der Waals surface area (Å²) < 4.78 is 0. The number of aromatic nitrogens is 2. The van der Waals surface area contributed by atoms with Crippen molar-refractivity contribution in [2.24, 2.45) is 5.92 Å². The number of hydrogen-bond acceptors (Lipinski definition) is 5. The number of likely N-dealkylation sites (N-methyl/N-ethyl adjacent to an activating group) is 1. The van der Waals surface area contributed by atoms with Gasteiger partial charge < -0.3 is 16.0 Å². The molecule has 112 valence electrons. The van der Waals surface area contributed by atoms with Gasteiger partial charge in [-0.15, -0.1) is 0 Å². The van der Waals surface area contributed by atoms with E-state index in [2.05, 4.69) is 43.1 Å². The molecule has 1 aromatic rings. The number of nitrogens with one attached hydrogen (secondary N) is 1. The first-order chi connectivity index (χ1) is 9.38. The highest BCUT2D eigenvalue weighted by Crippen LogP contribution is 2.39. The van der Waals surface area contributed by atoms with E-state index in [9.17, 15) is 0 Å². The smallest absolute Gasteiger partial charge is 0.136 e. The molecular formula is C15H27N5. The van der Waals surface area contributed by atoms with Crippen LogP contribution in [-0.2, 0) is 0 Å². The normalized spacial score (nSPS) is 16.8. The standard InChI is InChI=1S/C15H27N5/c1-9(2)12(8-20(4)5)17-14-10(3)13(16)18-15(19-14)11-6-7-11/h9,11-12H,6-8H2,1-5H3,(H3,16,17,18,19). The van der Waals surface area contributed by atoms with E-state index in [-0.39, 0.29) is 0 Å². The Bertz CT molecular complexity index is 466. The van der Waals surface area contributed by atoms with Crippen molar-refractivity contribution in [3.8, 4) is 0 Å². The van der Waals surface area contributed by atoms with Crippen LogP contribution in [0.25, 0.3) is 0 Å². The summed E-state index contributed by atoms with van der Waals surface area (Å²) in [6.07, 6.45) is 2.38. The van der Waals surface area contributed by atoms with Crippen molar-refractivity contribution >= 4 is 11.6 Å². The van der Waals surface area contributed by atoms with Gasteiger partial charge in [0.25, 0.3) is 0 Å². The lowest BCUT2D eigenvalue weighted by Crippen LogP contribution is -2.37. The summed E-state index contributed by atoms with van der Waals surface area (Å²) in [5.74, 6) is 3.46. The highest BCUT2D eigenvalue weighted by Gasteiger charge is 2.28. The second kappa shape index (κ2) is 5.95. The molecule has 3 N–H and O–H groups in total. The summed E-state index contributed by atoms with van der Waals surface area (Å²) >= 11 is 0. The molecule has 0 saturated heterocycles. The zero-order valence-corrected chi connectivity index (χ0v) is 13.3. The van der Waals surface area contributed by atoms with Crippen LogP contribution in [0.3, 0.4) is 0 Å². The molecule has 1 saturated carbocycles. The lowest BCUT2D eigenvalue weighted by atomic mass is 10.0. The van der Waals surface area contributed by atoms with E-state index in [1.54, 1.807) is 0 Å². The molecule has 0 amide bonds. The summed E-state index contributed by atoms with van der Waals surface area (Å²) in [6, 6.07) is 0.352. The van der Waals surface area contributed by atoms with Crippen LogP contribution in [0.5, 0.6) is 0 Å². The van der Waals surface area contributed by atoms with Crippen LogP contribution in [0, 0.1) is 12.8 Å². The summed E-state index contributed by atoms with van der Waals surface area (Å²) in [5.41, 5.74) is 7.00. The van der Waals surface area contributed by atoms with Gasteiger partial charge in [0.15, 0.2) is 0 Å². The first-order valence-corrected chi connectivity index (χ1v) is 7.43. The predicted octanol–water partition coefficient (Wildman–Crippen LogP) is 2.24. The van der Waals surface area contributed by atoms with Gasteiger partial charge in [-0.05, 0) is 39.8 Å². The fraction of sp³-hybridized carbons (Fsp3) is 0.733. The van der Waals surface area contributed by atoms with Crippen LogP contribution < -0.4 is 11.1 Å². The Hall–Kier alpha value is -1.36. The summed E-state index contributed by atoms with van der Waals surface area (Å²) in [7, 11) is 4.18. The monoisotopic (exact) mass is 277 g/mol. The van der Waals surface area contributed by atoms with Crippen LogP contribution in [0.15, 0.2) is 0 Å². The third-order valence-electron chi connectivity index (χ3n) is 3.83. The van der Waals surface area contributed by atoms with Crippen molar-refractivity contribution in [3.05, 3.63) is 11.4 Å². The van der Waals surface area contributed by atoms with Gasteiger partial charge in [-0.3, -0.25) is 0 Å². The van der Waals surface area contributed by atoms with Gasteiger partial charge in [0.05, 0.1) is 0 Å². The van der Waals surface area contributed by atoms with Crippen molar-refractivity contribution in [2.75, 3.05) is 31.7 Å². The van der Waals surface area contributed by atoms with Crippen LogP contribution in [0.2, 0.25) is 0 Å². The minimum absolute atomic E-state index is 0.352. The molecular weight excluding hydrogens is 250 g/mol. The lowest BCUT2D eigenvalue weighted by molar-refractivity contribution is 0.344. The quantitative estimate of drug-likeness (QED) is 0.834. The van der Waals surface area contributed by atoms with E-state index in [1.807, 2.05) is 6.92 Å². The van der Waals surface area contributed by atoms with E-state index >= 15 is 0 Å². The molecule has 5 heteroatoms. The molecule has 1 heterocycles. The zero-order valence-electron chi connectivity index (χ0n) is 13.3. The van der Waals surface area contributed by atoms with Crippen molar-refractivity contribution in [3.63, 3.8) is 0 Å². The average Bonchev–Trinajstić information content (AvgIpc) is 3.17. The number of nitrogens with zero attached hydrogens (tertiary/aromatic N) is 3. The van der Waals surface area contributed by atoms with Gasteiger partial charge in [-0.25, -0.2) is 9.97 Å². The Morgan fingerprint density at radius 1 is 1.30 bits per heavy atom. The van der Waals surface area contributed by atoms with E-state index in [1.165, 1.54) is 12.8 Å². The Morgan fingerprint density at radius 2 is 1.95 bits per heavy atom. The Morgan fingerprint density at radius 3 is 2.45 bits per heavy atom. The van der Waals surface area contributed by atoms with Crippen molar-refractivity contribution < 1.29 is 0 Å². The minimum atomic E-state index is 0.352. The molecule has 5 nitrogen and oxygen atoms in total. The topological polar surface area (TPSA) is 67.1 Å². The summed E-state index contributed by atoms with van der Waals surface area (Å²) in [4.78, 5) is 11.3. The predicted molar refractivity (Wildman–Crippen MR) is 84.0 cm³/mol. The van der Waals surface area contributed by atoms with E-state index in [4.69, 9.17) is 10.7 Å². The van der Waals surface area contributed by atoms with Crippen LogP contribution >= 0.6 is 0 Å². The molecule has 0 bridgehead atoms. The number of anilines is 2.